The number of benzene rings is 1. The zero-order chi connectivity index (χ0) is 13.1. The van der Waals surface area contributed by atoms with Gasteiger partial charge in [0.15, 0.2) is 0 Å². The van der Waals surface area contributed by atoms with Crippen LogP contribution in [0.4, 0.5) is 17.6 Å². The summed E-state index contributed by atoms with van der Waals surface area (Å²) in [5.74, 6) is 3.92. The minimum Gasteiger partial charge on any atom is -0.271 e. The van der Waals surface area contributed by atoms with Crippen LogP contribution in [0.25, 0.3) is 0 Å². The highest BCUT2D eigenvalue weighted by Crippen LogP contribution is 2.32. The standard InChI is InChI=1S/C11H12F4N2/c1-2-3-10(17-16)7-4-5-8(9(12)6-7)11(13,14)15/h2,4-6,10,17H,1,3,16H2. The summed E-state index contributed by atoms with van der Waals surface area (Å²) in [6.45, 7) is 3.48. The first-order chi connectivity index (χ1) is 7.90. The summed E-state index contributed by atoms with van der Waals surface area (Å²) in [6.07, 6.45) is -2.76. The quantitative estimate of drug-likeness (QED) is 0.372. The third kappa shape index (κ3) is 3.28. The van der Waals surface area contributed by atoms with Crippen molar-refractivity contribution in [2.45, 2.75) is 18.6 Å². The molecule has 1 rings (SSSR count). The summed E-state index contributed by atoms with van der Waals surface area (Å²) < 4.78 is 50.2. The predicted octanol–water partition coefficient (Wildman–Crippen LogP) is 2.93. The second-order valence-corrected chi connectivity index (χ2v) is 3.48. The van der Waals surface area contributed by atoms with Crippen LogP contribution in [0.1, 0.15) is 23.6 Å². The van der Waals surface area contributed by atoms with E-state index in [1.807, 2.05) is 0 Å². The van der Waals surface area contributed by atoms with E-state index >= 15 is 0 Å². The largest absolute Gasteiger partial charge is 0.419 e. The molecule has 6 heteroatoms. The van der Waals surface area contributed by atoms with Crippen molar-refractivity contribution in [3.63, 3.8) is 0 Å². The van der Waals surface area contributed by atoms with E-state index in [9.17, 15) is 17.6 Å². The highest BCUT2D eigenvalue weighted by atomic mass is 19.4. The van der Waals surface area contributed by atoms with E-state index in [-0.39, 0.29) is 0 Å². The van der Waals surface area contributed by atoms with Crippen molar-refractivity contribution in [1.82, 2.24) is 5.43 Å². The van der Waals surface area contributed by atoms with Gasteiger partial charge in [-0.3, -0.25) is 11.3 Å². The number of nitrogens with one attached hydrogen (secondary N) is 1. The molecule has 0 amide bonds. The summed E-state index contributed by atoms with van der Waals surface area (Å²) in [5, 5.41) is 0. The van der Waals surface area contributed by atoms with Gasteiger partial charge in [0, 0.05) is 6.04 Å². The molecule has 0 fully saturated rings. The summed E-state index contributed by atoms with van der Waals surface area (Å²) in [7, 11) is 0. The molecule has 0 aliphatic rings. The molecule has 1 unspecified atom stereocenters. The zero-order valence-corrected chi connectivity index (χ0v) is 8.89. The Labute approximate surface area is 96.1 Å². The van der Waals surface area contributed by atoms with E-state index in [0.29, 0.717) is 18.1 Å². The fourth-order valence-electron chi connectivity index (χ4n) is 1.45. The number of hydrazine groups is 1. The van der Waals surface area contributed by atoms with E-state index in [1.165, 1.54) is 6.07 Å². The van der Waals surface area contributed by atoms with Gasteiger partial charge in [-0.05, 0) is 24.1 Å². The Balaban J connectivity index is 3.07. The Hall–Kier alpha value is -1.40. The average molecular weight is 248 g/mol. The van der Waals surface area contributed by atoms with Crippen LogP contribution in [0.15, 0.2) is 30.9 Å². The predicted molar refractivity (Wildman–Crippen MR) is 56.3 cm³/mol. The molecule has 0 aliphatic heterocycles. The van der Waals surface area contributed by atoms with Crippen molar-refractivity contribution in [2.75, 3.05) is 0 Å². The minimum absolute atomic E-state index is 0.345. The maximum Gasteiger partial charge on any atom is 0.419 e. The van der Waals surface area contributed by atoms with Crippen LogP contribution in [0, 0.1) is 5.82 Å². The Morgan fingerprint density at radius 1 is 1.41 bits per heavy atom. The van der Waals surface area contributed by atoms with Gasteiger partial charge in [0.05, 0.1) is 5.56 Å². The monoisotopic (exact) mass is 248 g/mol. The highest BCUT2D eigenvalue weighted by Gasteiger charge is 2.34. The second-order valence-electron chi connectivity index (χ2n) is 3.48. The maximum absolute atomic E-state index is 13.3. The molecular weight excluding hydrogens is 236 g/mol. The van der Waals surface area contributed by atoms with E-state index in [0.717, 1.165) is 6.07 Å². The molecule has 0 spiro atoms. The fraction of sp³-hybridized carbons (Fsp3) is 0.273. The van der Waals surface area contributed by atoms with Gasteiger partial charge in [-0.15, -0.1) is 6.58 Å². The van der Waals surface area contributed by atoms with Crippen LogP contribution in [-0.2, 0) is 6.18 Å². The lowest BCUT2D eigenvalue weighted by molar-refractivity contribution is -0.140. The van der Waals surface area contributed by atoms with Crippen molar-refractivity contribution in [3.8, 4) is 0 Å². The number of hydrogen-bond acceptors (Lipinski definition) is 2. The average Bonchev–Trinajstić information content (AvgIpc) is 2.23. The fourth-order valence-corrected chi connectivity index (χ4v) is 1.45. The molecule has 0 saturated carbocycles. The lowest BCUT2D eigenvalue weighted by Gasteiger charge is -2.16. The summed E-state index contributed by atoms with van der Waals surface area (Å²) in [4.78, 5) is 0. The molecule has 0 aliphatic carbocycles. The number of alkyl halides is 3. The van der Waals surface area contributed by atoms with Gasteiger partial charge in [-0.25, -0.2) is 4.39 Å². The molecule has 0 aromatic heterocycles. The topological polar surface area (TPSA) is 38.0 Å². The van der Waals surface area contributed by atoms with E-state index in [4.69, 9.17) is 5.84 Å². The lowest BCUT2D eigenvalue weighted by Crippen LogP contribution is -2.27. The third-order valence-corrected chi connectivity index (χ3v) is 2.30. The molecule has 0 heterocycles. The molecule has 1 aromatic carbocycles. The molecule has 0 bridgehead atoms. The summed E-state index contributed by atoms with van der Waals surface area (Å²) >= 11 is 0. The minimum atomic E-state index is -4.69. The SMILES string of the molecule is C=CCC(NN)c1ccc(C(F)(F)F)c(F)c1. The first-order valence-electron chi connectivity index (χ1n) is 4.83. The Kier molecular flexibility index (Phi) is 4.25. The maximum atomic E-state index is 13.3. The van der Waals surface area contributed by atoms with Crippen LogP contribution in [0.5, 0.6) is 0 Å². The van der Waals surface area contributed by atoms with Gasteiger partial charge >= 0.3 is 6.18 Å². The van der Waals surface area contributed by atoms with Crippen molar-refractivity contribution < 1.29 is 17.6 Å². The molecule has 0 radical (unpaired) electrons. The molecular formula is C11H12F4N2. The third-order valence-electron chi connectivity index (χ3n) is 2.30. The first kappa shape index (κ1) is 13.7. The van der Waals surface area contributed by atoms with Crippen molar-refractivity contribution >= 4 is 0 Å². The first-order valence-corrected chi connectivity index (χ1v) is 4.83. The molecule has 2 nitrogen and oxygen atoms in total. The number of nitrogens with two attached hydrogens (primary N) is 1. The van der Waals surface area contributed by atoms with Crippen molar-refractivity contribution in [2.24, 2.45) is 5.84 Å². The summed E-state index contributed by atoms with van der Waals surface area (Å²) in [5.41, 5.74) is 1.45. The van der Waals surface area contributed by atoms with Gasteiger partial charge in [0.1, 0.15) is 5.82 Å². The van der Waals surface area contributed by atoms with Crippen LogP contribution >= 0.6 is 0 Å². The molecule has 94 valence electrons. The highest BCUT2D eigenvalue weighted by molar-refractivity contribution is 5.28. The molecule has 1 aromatic rings. The van der Waals surface area contributed by atoms with Crippen LogP contribution < -0.4 is 11.3 Å². The van der Waals surface area contributed by atoms with E-state index in [2.05, 4.69) is 12.0 Å². The lowest BCUT2D eigenvalue weighted by atomic mass is 10.0. The molecule has 3 N–H and O–H groups in total. The van der Waals surface area contributed by atoms with Crippen molar-refractivity contribution in [1.29, 1.82) is 0 Å². The normalized spacial score (nSPS) is 13.5. The zero-order valence-electron chi connectivity index (χ0n) is 8.89. The second kappa shape index (κ2) is 5.29. The van der Waals surface area contributed by atoms with Crippen molar-refractivity contribution in [3.05, 3.63) is 47.8 Å². The van der Waals surface area contributed by atoms with Crippen LogP contribution in [-0.4, -0.2) is 0 Å². The van der Waals surface area contributed by atoms with E-state index in [1.54, 1.807) is 6.08 Å². The molecule has 17 heavy (non-hydrogen) atoms. The van der Waals surface area contributed by atoms with Gasteiger partial charge in [0.2, 0.25) is 0 Å². The Morgan fingerprint density at radius 2 is 2.06 bits per heavy atom. The Bertz CT molecular complexity index is 401. The molecule has 0 saturated heterocycles. The number of halogens is 4. The van der Waals surface area contributed by atoms with Gasteiger partial charge < -0.3 is 0 Å². The number of hydrogen-bond donors (Lipinski definition) is 2. The smallest absolute Gasteiger partial charge is 0.271 e. The summed E-state index contributed by atoms with van der Waals surface area (Å²) in [6, 6.07) is 2.28. The number of rotatable bonds is 4. The Morgan fingerprint density at radius 3 is 2.47 bits per heavy atom. The van der Waals surface area contributed by atoms with Crippen LogP contribution in [0.2, 0.25) is 0 Å². The molecule has 1 atom stereocenters. The van der Waals surface area contributed by atoms with E-state index < -0.39 is 23.6 Å². The van der Waals surface area contributed by atoms with Gasteiger partial charge in [-0.2, -0.15) is 13.2 Å². The van der Waals surface area contributed by atoms with Crippen LogP contribution in [0.3, 0.4) is 0 Å². The van der Waals surface area contributed by atoms with Gasteiger partial charge in [-0.1, -0.05) is 12.1 Å². The van der Waals surface area contributed by atoms with Gasteiger partial charge in [0.25, 0.3) is 0 Å².